The summed E-state index contributed by atoms with van der Waals surface area (Å²) in [6, 6.07) is 4.78. The number of nitrogens with two attached hydrogens (primary N) is 1. The summed E-state index contributed by atoms with van der Waals surface area (Å²) >= 11 is 0. The molecule has 1 aromatic carbocycles. The Hall–Kier alpha value is -2.24. The Morgan fingerprint density at radius 2 is 2.10 bits per heavy atom. The number of amides is 1. The standard InChI is InChI=1S/C15H21N3O3/c1-10-8-12(19)6-7-13(10)15(20)18(9-14(16)17-21)11-4-2-3-5-11/h6-8,11,19,21H,2-5,9H2,1H3,(H2,16,17). The molecule has 6 nitrogen and oxygen atoms in total. The van der Waals surface area contributed by atoms with Crippen molar-refractivity contribution in [3.05, 3.63) is 29.3 Å². The van der Waals surface area contributed by atoms with Crippen LogP contribution < -0.4 is 5.73 Å². The first-order valence-corrected chi connectivity index (χ1v) is 7.10. The molecule has 0 saturated heterocycles. The summed E-state index contributed by atoms with van der Waals surface area (Å²) in [4.78, 5) is 14.4. The highest BCUT2D eigenvalue weighted by Crippen LogP contribution is 2.26. The van der Waals surface area contributed by atoms with E-state index < -0.39 is 0 Å². The lowest BCUT2D eigenvalue weighted by atomic mass is 10.1. The molecule has 0 unspecified atom stereocenters. The van der Waals surface area contributed by atoms with Gasteiger partial charge in [0.1, 0.15) is 5.75 Å². The number of benzene rings is 1. The number of carbonyl (C=O) groups excluding carboxylic acids is 1. The van der Waals surface area contributed by atoms with Crippen molar-refractivity contribution in [1.29, 1.82) is 0 Å². The summed E-state index contributed by atoms with van der Waals surface area (Å²) in [6.07, 6.45) is 4.03. The maximum atomic E-state index is 12.8. The minimum Gasteiger partial charge on any atom is -0.508 e. The molecule has 2 rings (SSSR count). The van der Waals surface area contributed by atoms with Crippen molar-refractivity contribution in [3.8, 4) is 5.75 Å². The van der Waals surface area contributed by atoms with E-state index >= 15 is 0 Å². The summed E-state index contributed by atoms with van der Waals surface area (Å²) in [6.45, 7) is 1.89. The zero-order chi connectivity index (χ0) is 15.4. The Morgan fingerprint density at radius 3 is 2.67 bits per heavy atom. The molecule has 1 aromatic rings. The van der Waals surface area contributed by atoms with Crippen LogP contribution >= 0.6 is 0 Å². The highest BCUT2D eigenvalue weighted by Gasteiger charge is 2.28. The molecule has 0 heterocycles. The number of aromatic hydroxyl groups is 1. The lowest BCUT2D eigenvalue weighted by Gasteiger charge is -2.29. The SMILES string of the molecule is Cc1cc(O)ccc1C(=O)N(C/C(N)=N/O)C1CCCC1. The average Bonchev–Trinajstić information content (AvgIpc) is 2.97. The number of amidine groups is 1. The minimum atomic E-state index is -0.147. The van der Waals surface area contributed by atoms with Gasteiger partial charge >= 0.3 is 0 Å². The van der Waals surface area contributed by atoms with Crippen molar-refractivity contribution < 1.29 is 15.1 Å². The van der Waals surface area contributed by atoms with Gasteiger partial charge in [-0.3, -0.25) is 4.79 Å². The fourth-order valence-electron chi connectivity index (χ4n) is 2.83. The molecule has 0 spiro atoms. The van der Waals surface area contributed by atoms with Gasteiger partial charge in [-0.25, -0.2) is 0 Å². The van der Waals surface area contributed by atoms with Crippen LogP contribution in [0.15, 0.2) is 23.4 Å². The third kappa shape index (κ3) is 3.45. The van der Waals surface area contributed by atoms with Crippen LogP contribution in [0.4, 0.5) is 0 Å². The number of aryl methyl sites for hydroxylation is 1. The van der Waals surface area contributed by atoms with Gasteiger partial charge in [0, 0.05) is 11.6 Å². The van der Waals surface area contributed by atoms with Gasteiger partial charge in [-0.05, 0) is 43.5 Å². The number of carbonyl (C=O) groups is 1. The second kappa shape index (κ2) is 6.47. The smallest absolute Gasteiger partial charge is 0.254 e. The first-order valence-electron chi connectivity index (χ1n) is 7.10. The molecule has 0 aromatic heterocycles. The third-order valence-corrected chi connectivity index (χ3v) is 3.93. The number of rotatable bonds is 4. The van der Waals surface area contributed by atoms with Gasteiger partial charge < -0.3 is 20.9 Å². The van der Waals surface area contributed by atoms with Gasteiger partial charge in [0.2, 0.25) is 0 Å². The largest absolute Gasteiger partial charge is 0.508 e. The molecule has 4 N–H and O–H groups in total. The van der Waals surface area contributed by atoms with E-state index in [1.54, 1.807) is 24.0 Å². The van der Waals surface area contributed by atoms with Crippen molar-refractivity contribution in [3.63, 3.8) is 0 Å². The van der Waals surface area contributed by atoms with Gasteiger partial charge in [-0.2, -0.15) is 0 Å². The predicted molar refractivity (Wildman–Crippen MR) is 79.5 cm³/mol. The zero-order valence-corrected chi connectivity index (χ0v) is 12.1. The normalized spacial score (nSPS) is 16.1. The third-order valence-electron chi connectivity index (χ3n) is 3.93. The fourth-order valence-corrected chi connectivity index (χ4v) is 2.83. The van der Waals surface area contributed by atoms with Crippen LogP contribution in [0.1, 0.15) is 41.6 Å². The summed E-state index contributed by atoms with van der Waals surface area (Å²) < 4.78 is 0. The second-order valence-electron chi connectivity index (χ2n) is 5.46. The van der Waals surface area contributed by atoms with Gasteiger partial charge in [0.25, 0.3) is 5.91 Å². The first kappa shape index (κ1) is 15.2. The van der Waals surface area contributed by atoms with Crippen molar-refractivity contribution >= 4 is 11.7 Å². The van der Waals surface area contributed by atoms with Crippen LogP contribution in [-0.4, -0.2) is 39.5 Å². The summed E-state index contributed by atoms with van der Waals surface area (Å²) in [5, 5.41) is 21.2. The molecule has 114 valence electrons. The molecule has 1 aliphatic rings. The van der Waals surface area contributed by atoms with E-state index in [-0.39, 0.29) is 30.1 Å². The summed E-state index contributed by atoms with van der Waals surface area (Å²) in [5.74, 6) is 0.00517. The van der Waals surface area contributed by atoms with E-state index in [1.807, 2.05) is 0 Å². The highest BCUT2D eigenvalue weighted by atomic mass is 16.4. The first-order chi connectivity index (χ1) is 10.0. The molecule has 21 heavy (non-hydrogen) atoms. The van der Waals surface area contributed by atoms with Gasteiger partial charge in [-0.1, -0.05) is 18.0 Å². The lowest BCUT2D eigenvalue weighted by Crippen LogP contribution is -2.44. The number of nitrogens with zero attached hydrogens (tertiary/aromatic N) is 2. The Balaban J connectivity index is 2.28. The average molecular weight is 291 g/mol. The number of hydrogen-bond donors (Lipinski definition) is 3. The molecule has 1 fully saturated rings. The van der Waals surface area contributed by atoms with E-state index in [0.29, 0.717) is 11.1 Å². The van der Waals surface area contributed by atoms with E-state index in [0.717, 1.165) is 25.7 Å². The molecule has 1 aliphatic carbocycles. The molecule has 0 bridgehead atoms. The minimum absolute atomic E-state index is 0.0201. The Kier molecular flexibility index (Phi) is 4.67. The van der Waals surface area contributed by atoms with Crippen molar-refractivity contribution in [2.75, 3.05) is 6.54 Å². The van der Waals surface area contributed by atoms with E-state index in [9.17, 15) is 9.90 Å². The Bertz CT molecular complexity index is 551. The second-order valence-corrected chi connectivity index (χ2v) is 5.46. The van der Waals surface area contributed by atoms with Crippen LogP contribution in [0, 0.1) is 6.92 Å². The molecule has 0 aliphatic heterocycles. The number of oxime groups is 1. The molecular weight excluding hydrogens is 270 g/mol. The molecule has 0 atom stereocenters. The quantitative estimate of drug-likeness (QED) is 0.341. The van der Waals surface area contributed by atoms with Crippen molar-refractivity contribution in [2.24, 2.45) is 10.9 Å². The number of hydrogen-bond acceptors (Lipinski definition) is 4. The lowest BCUT2D eigenvalue weighted by molar-refractivity contribution is 0.0711. The summed E-state index contributed by atoms with van der Waals surface area (Å²) in [5.41, 5.74) is 6.83. The van der Waals surface area contributed by atoms with E-state index in [4.69, 9.17) is 10.9 Å². The van der Waals surface area contributed by atoms with Crippen LogP contribution in [0.3, 0.4) is 0 Å². The van der Waals surface area contributed by atoms with Crippen LogP contribution in [0.5, 0.6) is 5.75 Å². The molecular formula is C15H21N3O3. The van der Waals surface area contributed by atoms with Gasteiger partial charge in [0.15, 0.2) is 5.84 Å². The molecule has 1 amide bonds. The maximum absolute atomic E-state index is 12.8. The Labute approximate surface area is 123 Å². The molecule has 1 saturated carbocycles. The van der Waals surface area contributed by atoms with Crippen molar-refractivity contribution in [2.45, 2.75) is 38.6 Å². The van der Waals surface area contributed by atoms with Crippen molar-refractivity contribution in [1.82, 2.24) is 4.90 Å². The maximum Gasteiger partial charge on any atom is 0.254 e. The predicted octanol–water partition coefficient (Wildman–Crippen LogP) is 1.83. The fraction of sp³-hybridized carbons (Fsp3) is 0.467. The topological polar surface area (TPSA) is 99.2 Å². The highest BCUT2D eigenvalue weighted by molar-refractivity contribution is 5.98. The Morgan fingerprint density at radius 1 is 1.43 bits per heavy atom. The number of phenols is 1. The van der Waals surface area contributed by atoms with Crippen LogP contribution in [-0.2, 0) is 0 Å². The van der Waals surface area contributed by atoms with E-state index in [2.05, 4.69) is 5.16 Å². The molecule has 0 radical (unpaired) electrons. The van der Waals surface area contributed by atoms with Gasteiger partial charge in [0.05, 0.1) is 6.54 Å². The number of phenolic OH excluding ortho intramolecular Hbond substituents is 1. The van der Waals surface area contributed by atoms with E-state index in [1.165, 1.54) is 6.07 Å². The summed E-state index contributed by atoms with van der Waals surface area (Å²) in [7, 11) is 0. The van der Waals surface area contributed by atoms with Gasteiger partial charge in [-0.15, -0.1) is 0 Å². The zero-order valence-electron chi connectivity index (χ0n) is 12.1. The molecule has 6 heteroatoms. The van der Waals surface area contributed by atoms with Crippen LogP contribution in [0.25, 0.3) is 0 Å². The van der Waals surface area contributed by atoms with Crippen LogP contribution in [0.2, 0.25) is 0 Å². The monoisotopic (exact) mass is 291 g/mol.